The first-order chi connectivity index (χ1) is 13.9. The summed E-state index contributed by atoms with van der Waals surface area (Å²) < 4.78 is 28.2. The third-order valence-electron chi connectivity index (χ3n) is 6.32. The van der Waals surface area contributed by atoms with Crippen LogP contribution >= 0.6 is 0 Å². The molecule has 1 aromatic carbocycles. The molecule has 0 aliphatic carbocycles. The number of pyridine rings is 1. The van der Waals surface area contributed by atoms with Gasteiger partial charge in [-0.05, 0) is 56.0 Å². The summed E-state index contributed by atoms with van der Waals surface area (Å²) in [6, 6.07) is 7.44. The van der Waals surface area contributed by atoms with Crippen LogP contribution in [0.1, 0.15) is 35.2 Å². The van der Waals surface area contributed by atoms with Gasteiger partial charge in [0.2, 0.25) is 0 Å². The highest BCUT2D eigenvalue weighted by atomic mass is 19.1. The van der Waals surface area contributed by atoms with Crippen molar-refractivity contribution in [2.45, 2.75) is 32.3 Å². The molecular formula is C22H25F2N3O2. The molecule has 2 fully saturated rings. The van der Waals surface area contributed by atoms with Gasteiger partial charge in [-0.25, -0.2) is 13.8 Å². The summed E-state index contributed by atoms with van der Waals surface area (Å²) in [4.78, 5) is 20.8. The highest BCUT2D eigenvalue weighted by Crippen LogP contribution is 2.40. The number of likely N-dealkylation sites (tertiary alicyclic amines) is 1. The van der Waals surface area contributed by atoms with Crippen LogP contribution in [0.5, 0.6) is 0 Å². The molecule has 0 bridgehead atoms. The molecule has 1 amide bonds. The van der Waals surface area contributed by atoms with E-state index >= 15 is 0 Å². The van der Waals surface area contributed by atoms with E-state index in [4.69, 9.17) is 0 Å². The number of aromatic nitrogens is 1. The van der Waals surface area contributed by atoms with Crippen LogP contribution in [0, 0.1) is 24.0 Å². The highest BCUT2D eigenvalue weighted by molar-refractivity contribution is 5.95. The quantitative estimate of drug-likeness (QED) is 0.840. The monoisotopic (exact) mass is 401 g/mol. The maximum atomic E-state index is 14.3. The Kier molecular flexibility index (Phi) is 5.25. The van der Waals surface area contributed by atoms with E-state index in [0.29, 0.717) is 43.7 Å². The van der Waals surface area contributed by atoms with Gasteiger partial charge in [0.15, 0.2) is 11.6 Å². The van der Waals surface area contributed by atoms with Gasteiger partial charge >= 0.3 is 0 Å². The van der Waals surface area contributed by atoms with Gasteiger partial charge in [-0.1, -0.05) is 6.07 Å². The zero-order valence-electron chi connectivity index (χ0n) is 16.4. The second-order valence-electron chi connectivity index (χ2n) is 8.14. The number of carbonyl (C=O) groups is 1. The molecule has 2 atom stereocenters. The number of hydrogen-bond donors (Lipinski definition) is 1. The zero-order chi connectivity index (χ0) is 20.6. The Balaban J connectivity index is 1.59. The second kappa shape index (κ2) is 7.71. The Morgan fingerprint density at radius 1 is 1.17 bits per heavy atom. The van der Waals surface area contributed by atoms with Crippen LogP contribution in [0.25, 0.3) is 0 Å². The first-order valence-corrected chi connectivity index (χ1v) is 9.99. The van der Waals surface area contributed by atoms with Gasteiger partial charge in [0.1, 0.15) is 5.82 Å². The Hall–Kier alpha value is -2.54. The van der Waals surface area contributed by atoms with E-state index in [-0.39, 0.29) is 11.7 Å². The SMILES string of the molecule is Cc1c(F)cccc1C(=O)N1CCC[C@]2(C1)CN(c1ncccc1F)CC[C@H]2O. The summed E-state index contributed by atoms with van der Waals surface area (Å²) in [5, 5.41) is 10.8. The fourth-order valence-electron chi connectivity index (χ4n) is 4.68. The van der Waals surface area contributed by atoms with Crippen molar-refractivity contribution >= 4 is 11.7 Å². The first kappa shape index (κ1) is 19.8. The number of anilines is 1. The van der Waals surface area contributed by atoms with E-state index in [0.717, 1.165) is 12.8 Å². The number of aliphatic hydroxyl groups excluding tert-OH is 1. The number of halogens is 2. The summed E-state index contributed by atoms with van der Waals surface area (Å²) in [5.41, 5.74) is 0.121. The molecule has 2 saturated heterocycles. The molecule has 1 N–H and O–H groups in total. The Morgan fingerprint density at radius 3 is 2.76 bits per heavy atom. The van der Waals surface area contributed by atoms with Crippen molar-refractivity contribution in [3.05, 3.63) is 59.3 Å². The molecule has 154 valence electrons. The minimum absolute atomic E-state index is 0.227. The van der Waals surface area contributed by atoms with E-state index < -0.39 is 23.2 Å². The van der Waals surface area contributed by atoms with E-state index in [1.54, 1.807) is 30.2 Å². The van der Waals surface area contributed by atoms with Gasteiger partial charge in [0, 0.05) is 43.4 Å². The number of carbonyl (C=O) groups excluding carboxylic acids is 1. The molecule has 7 heteroatoms. The predicted octanol–water partition coefficient (Wildman–Crippen LogP) is 3.16. The maximum Gasteiger partial charge on any atom is 0.254 e. The van der Waals surface area contributed by atoms with E-state index in [9.17, 15) is 18.7 Å². The van der Waals surface area contributed by atoms with Gasteiger partial charge in [-0.3, -0.25) is 4.79 Å². The first-order valence-electron chi connectivity index (χ1n) is 9.99. The third kappa shape index (κ3) is 3.59. The molecule has 5 nitrogen and oxygen atoms in total. The summed E-state index contributed by atoms with van der Waals surface area (Å²) in [5.74, 6) is -0.743. The van der Waals surface area contributed by atoms with Crippen LogP contribution in [0.2, 0.25) is 0 Å². The number of rotatable bonds is 2. The molecule has 29 heavy (non-hydrogen) atoms. The van der Waals surface area contributed by atoms with E-state index in [1.165, 1.54) is 18.2 Å². The number of aliphatic hydroxyl groups is 1. The number of amides is 1. The van der Waals surface area contributed by atoms with Crippen molar-refractivity contribution in [3.63, 3.8) is 0 Å². The topological polar surface area (TPSA) is 56.7 Å². The van der Waals surface area contributed by atoms with Crippen LogP contribution in [-0.4, -0.2) is 53.2 Å². The van der Waals surface area contributed by atoms with Crippen molar-refractivity contribution in [2.24, 2.45) is 5.41 Å². The minimum Gasteiger partial charge on any atom is -0.392 e. The van der Waals surface area contributed by atoms with Gasteiger partial charge in [-0.15, -0.1) is 0 Å². The fraction of sp³-hybridized carbons (Fsp3) is 0.455. The lowest BCUT2D eigenvalue weighted by Gasteiger charge is -2.51. The fourth-order valence-corrected chi connectivity index (χ4v) is 4.68. The van der Waals surface area contributed by atoms with Gasteiger partial charge in [0.25, 0.3) is 5.91 Å². The molecule has 2 aliphatic rings. The molecular weight excluding hydrogens is 376 g/mol. The lowest BCUT2D eigenvalue weighted by molar-refractivity contribution is -0.0363. The molecule has 4 rings (SSSR count). The van der Waals surface area contributed by atoms with Crippen LogP contribution in [0.15, 0.2) is 36.5 Å². The predicted molar refractivity (Wildman–Crippen MR) is 106 cm³/mol. The van der Waals surface area contributed by atoms with Gasteiger partial charge in [0.05, 0.1) is 6.10 Å². The number of piperidine rings is 2. The van der Waals surface area contributed by atoms with E-state index in [1.807, 2.05) is 4.90 Å². The summed E-state index contributed by atoms with van der Waals surface area (Å²) in [6.45, 7) is 3.44. The maximum absolute atomic E-state index is 14.3. The van der Waals surface area contributed by atoms with E-state index in [2.05, 4.69) is 4.98 Å². The molecule has 2 aliphatic heterocycles. The Morgan fingerprint density at radius 2 is 1.97 bits per heavy atom. The van der Waals surface area contributed by atoms with Crippen LogP contribution in [0.4, 0.5) is 14.6 Å². The van der Waals surface area contributed by atoms with Gasteiger partial charge < -0.3 is 14.9 Å². The summed E-state index contributed by atoms with van der Waals surface area (Å²) in [6.07, 6.45) is 2.92. The van der Waals surface area contributed by atoms with Crippen LogP contribution in [0.3, 0.4) is 0 Å². The molecule has 1 aromatic heterocycles. The van der Waals surface area contributed by atoms with Crippen molar-refractivity contribution in [3.8, 4) is 0 Å². The van der Waals surface area contributed by atoms with Crippen molar-refractivity contribution < 1.29 is 18.7 Å². The molecule has 0 saturated carbocycles. The number of benzene rings is 1. The van der Waals surface area contributed by atoms with Crippen molar-refractivity contribution in [1.29, 1.82) is 0 Å². The third-order valence-corrected chi connectivity index (χ3v) is 6.32. The van der Waals surface area contributed by atoms with Crippen LogP contribution in [-0.2, 0) is 0 Å². The van der Waals surface area contributed by atoms with Crippen molar-refractivity contribution in [1.82, 2.24) is 9.88 Å². The molecule has 0 radical (unpaired) electrons. The number of nitrogens with zero attached hydrogens (tertiary/aromatic N) is 3. The number of hydrogen-bond acceptors (Lipinski definition) is 4. The highest BCUT2D eigenvalue weighted by Gasteiger charge is 2.47. The molecule has 3 heterocycles. The largest absolute Gasteiger partial charge is 0.392 e. The molecule has 2 aromatic rings. The second-order valence-corrected chi connectivity index (χ2v) is 8.14. The average molecular weight is 401 g/mol. The Labute approximate surface area is 169 Å². The van der Waals surface area contributed by atoms with Crippen LogP contribution < -0.4 is 4.90 Å². The zero-order valence-corrected chi connectivity index (χ0v) is 16.4. The summed E-state index contributed by atoms with van der Waals surface area (Å²) >= 11 is 0. The van der Waals surface area contributed by atoms with Crippen molar-refractivity contribution in [2.75, 3.05) is 31.1 Å². The molecule has 0 unspecified atom stereocenters. The minimum atomic E-state index is -0.588. The smallest absolute Gasteiger partial charge is 0.254 e. The normalized spacial score (nSPS) is 24.8. The molecule has 1 spiro atoms. The Bertz CT molecular complexity index is 923. The summed E-state index contributed by atoms with van der Waals surface area (Å²) in [7, 11) is 0. The lowest BCUT2D eigenvalue weighted by atomic mass is 9.71. The average Bonchev–Trinajstić information content (AvgIpc) is 2.72. The lowest BCUT2D eigenvalue weighted by Crippen LogP contribution is -2.60. The standard InChI is InChI=1S/C22H25F2N3O2/c1-15-16(5-2-6-17(15)23)21(29)27-11-4-9-22(14-27)13-26(12-8-19(22)28)20-18(24)7-3-10-25-20/h2-3,5-7,10,19,28H,4,8-9,11-14H2,1H3/t19-,22-/m1/s1. The van der Waals surface area contributed by atoms with Gasteiger partial charge in [-0.2, -0.15) is 0 Å².